The molecule has 1 aromatic heterocycles. The number of halogens is 1. The van der Waals surface area contributed by atoms with E-state index in [9.17, 15) is 4.79 Å². The van der Waals surface area contributed by atoms with Crippen molar-refractivity contribution in [3.8, 4) is 0 Å². The highest BCUT2D eigenvalue weighted by Crippen LogP contribution is 2.10. The minimum Gasteiger partial charge on any atom is -0.376 e. The standard InChI is InChI=1S/C15H23N5O2.HI/c1-16-15(20-11-13-5-3-9-22-13)19-8-7-18-14(21)12-4-2-6-17-10-12;/h2,4,6,10,13H,3,5,7-9,11H2,1H3,(H,18,21)(H2,16,19,20);1H. The van der Waals surface area contributed by atoms with E-state index in [0.717, 1.165) is 26.0 Å². The summed E-state index contributed by atoms with van der Waals surface area (Å²) in [5.74, 6) is 0.586. The molecule has 1 saturated heterocycles. The molecular formula is C15H24IN5O2. The van der Waals surface area contributed by atoms with Crippen LogP contribution in [0, 0.1) is 0 Å². The zero-order valence-corrected chi connectivity index (χ0v) is 15.6. The fourth-order valence-corrected chi connectivity index (χ4v) is 2.19. The van der Waals surface area contributed by atoms with Gasteiger partial charge in [0.15, 0.2) is 5.96 Å². The summed E-state index contributed by atoms with van der Waals surface area (Å²) in [6.07, 6.45) is 5.67. The molecule has 128 valence electrons. The maximum atomic E-state index is 11.8. The first-order valence-corrected chi connectivity index (χ1v) is 7.54. The van der Waals surface area contributed by atoms with Crippen molar-refractivity contribution in [2.45, 2.75) is 18.9 Å². The highest BCUT2D eigenvalue weighted by molar-refractivity contribution is 14.0. The Morgan fingerprint density at radius 1 is 1.39 bits per heavy atom. The second-order valence-electron chi connectivity index (χ2n) is 5.01. The first-order chi connectivity index (χ1) is 10.8. The molecule has 0 bridgehead atoms. The molecular weight excluding hydrogens is 409 g/mol. The minimum atomic E-state index is -0.128. The monoisotopic (exact) mass is 433 g/mol. The van der Waals surface area contributed by atoms with Crippen molar-refractivity contribution < 1.29 is 9.53 Å². The Kier molecular flexibility index (Phi) is 9.53. The molecule has 0 radical (unpaired) electrons. The van der Waals surface area contributed by atoms with E-state index in [1.807, 2.05) is 0 Å². The number of aromatic nitrogens is 1. The summed E-state index contributed by atoms with van der Waals surface area (Å²) in [7, 11) is 1.72. The Morgan fingerprint density at radius 3 is 2.87 bits per heavy atom. The van der Waals surface area contributed by atoms with E-state index >= 15 is 0 Å². The lowest BCUT2D eigenvalue weighted by Crippen LogP contribution is -2.43. The molecule has 23 heavy (non-hydrogen) atoms. The third kappa shape index (κ3) is 7.12. The van der Waals surface area contributed by atoms with Crippen molar-refractivity contribution >= 4 is 35.8 Å². The number of hydrogen-bond acceptors (Lipinski definition) is 4. The van der Waals surface area contributed by atoms with E-state index in [-0.39, 0.29) is 36.0 Å². The maximum absolute atomic E-state index is 11.8. The third-order valence-electron chi connectivity index (χ3n) is 3.37. The van der Waals surface area contributed by atoms with Crippen molar-refractivity contribution in [1.29, 1.82) is 0 Å². The molecule has 0 aromatic carbocycles. The van der Waals surface area contributed by atoms with Gasteiger partial charge in [0.25, 0.3) is 5.91 Å². The average molecular weight is 433 g/mol. The summed E-state index contributed by atoms with van der Waals surface area (Å²) in [4.78, 5) is 19.9. The number of guanidine groups is 1. The predicted molar refractivity (Wildman–Crippen MR) is 100 cm³/mol. The van der Waals surface area contributed by atoms with E-state index in [1.54, 1.807) is 31.6 Å². The summed E-state index contributed by atoms with van der Waals surface area (Å²) in [5.41, 5.74) is 0.559. The summed E-state index contributed by atoms with van der Waals surface area (Å²) >= 11 is 0. The molecule has 2 heterocycles. The van der Waals surface area contributed by atoms with Gasteiger partial charge in [0.05, 0.1) is 11.7 Å². The predicted octanol–water partition coefficient (Wildman–Crippen LogP) is 0.773. The molecule has 0 aliphatic carbocycles. The Labute approximate surface area is 153 Å². The molecule has 7 nitrogen and oxygen atoms in total. The lowest BCUT2D eigenvalue weighted by Gasteiger charge is -2.15. The number of nitrogens with zero attached hydrogens (tertiary/aromatic N) is 2. The normalized spacial score (nSPS) is 17.3. The average Bonchev–Trinajstić information content (AvgIpc) is 3.08. The number of amides is 1. The third-order valence-corrected chi connectivity index (χ3v) is 3.37. The van der Waals surface area contributed by atoms with Crippen LogP contribution in [0.15, 0.2) is 29.5 Å². The lowest BCUT2D eigenvalue weighted by atomic mass is 10.2. The molecule has 1 aliphatic heterocycles. The van der Waals surface area contributed by atoms with Crippen molar-refractivity contribution in [1.82, 2.24) is 20.9 Å². The number of hydrogen-bond donors (Lipinski definition) is 3. The second-order valence-corrected chi connectivity index (χ2v) is 5.01. The van der Waals surface area contributed by atoms with Crippen molar-refractivity contribution in [2.75, 3.05) is 33.3 Å². The quantitative estimate of drug-likeness (QED) is 0.267. The number of carbonyl (C=O) groups is 1. The molecule has 1 fully saturated rings. The number of ether oxygens (including phenoxy) is 1. The zero-order valence-electron chi connectivity index (χ0n) is 13.2. The Bertz CT molecular complexity index is 492. The molecule has 1 aliphatic rings. The van der Waals surface area contributed by atoms with Crippen molar-refractivity contribution in [2.24, 2.45) is 4.99 Å². The van der Waals surface area contributed by atoms with Gasteiger partial charge in [-0.2, -0.15) is 0 Å². The molecule has 0 spiro atoms. The summed E-state index contributed by atoms with van der Waals surface area (Å²) in [6, 6.07) is 3.47. The van der Waals surface area contributed by atoms with Gasteiger partial charge in [0.1, 0.15) is 0 Å². The Hall–Kier alpha value is -1.42. The van der Waals surface area contributed by atoms with E-state index < -0.39 is 0 Å². The largest absolute Gasteiger partial charge is 0.376 e. The van der Waals surface area contributed by atoms with Gasteiger partial charge in [-0.05, 0) is 25.0 Å². The van der Waals surface area contributed by atoms with Crippen molar-refractivity contribution in [3.05, 3.63) is 30.1 Å². The SMILES string of the molecule is CN=C(NCCNC(=O)c1cccnc1)NCC1CCCO1.I. The van der Waals surface area contributed by atoms with Gasteiger partial charge in [0, 0.05) is 45.7 Å². The van der Waals surface area contributed by atoms with E-state index in [2.05, 4.69) is 25.9 Å². The number of pyridine rings is 1. The van der Waals surface area contributed by atoms with Crippen molar-refractivity contribution in [3.63, 3.8) is 0 Å². The van der Waals surface area contributed by atoms with Crippen LogP contribution in [-0.2, 0) is 4.74 Å². The zero-order chi connectivity index (χ0) is 15.6. The molecule has 2 rings (SSSR count). The smallest absolute Gasteiger partial charge is 0.252 e. The van der Waals surface area contributed by atoms with Gasteiger partial charge in [-0.15, -0.1) is 24.0 Å². The number of aliphatic imine (C=N–C) groups is 1. The molecule has 1 amide bonds. The van der Waals surface area contributed by atoms with Crippen LogP contribution in [-0.4, -0.2) is 56.2 Å². The van der Waals surface area contributed by atoms with Crippen LogP contribution >= 0.6 is 24.0 Å². The number of rotatable bonds is 6. The molecule has 1 unspecified atom stereocenters. The topological polar surface area (TPSA) is 87.6 Å². The van der Waals surface area contributed by atoms with Crippen LogP contribution < -0.4 is 16.0 Å². The van der Waals surface area contributed by atoms with Crippen LogP contribution in [0.1, 0.15) is 23.2 Å². The van der Waals surface area contributed by atoms with E-state index in [1.165, 1.54) is 0 Å². The van der Waals surface area contributed by atoms with E-state index in [0.29, 0.717) is 24.6 Å². The van der Waals surface area contributed by atoms with Gasteiger partial charge in [-0.3, -0.25) is 14.8 Å². The second kappa shape index (κ2) is 11.2. The van der Waals surface area contributed by atoms with Crippen LogP contribution in [0.2, 0.25) is 0 Å². The van der Waals surface area contributed by atoms with Crippen LogP contribution in [0.5, 0.6) is 0 Å². The molecule has 1 aromatic rings. The number of carbonyl (C=O) groups excluding carboxylic acids is 1. The fourth-order valence-electron chi connectivity index (χ4n) is 2.19. The highest BCUT2D eigenvalue weighted by atomic mass is 127. The Morgan fingerprint density at radius 2 is 2.22 bits per heavy atom. The van der Waals surface area contributed by atoms with Gasteiger partial charge >= 0.3 is 0 Å². The van der Waals surface area contributed by atoms with Gasteiger partial charge in [-0.25, -0.2) is 0 Å². The van der Waals surface area contributed by atoms with Crippen LogP contribution in [0.3, 0.4) is 0 Å². The van der Waals surface area contributed by atoms with Gasteiger partial charge in [0.2, 0.25) is 0 Å². The summed E-state index contributed by atoms with van der Waals surface area (Å²) in [6.45, 7) is 2.70. The molecule has 3 N–H and O–H groups in total. The van der Waals surface area contributed by atoms with Gasteiger partial charge in [-0.1, -0.05) is 0 Å². The fraction of sp³-hybridized carbons (Fsp3) is 0.533. The van der Waals surface area contributed by atoms with Gasteiger partial charge < -0.3 is 20.7 Å². The first kappa shape index (κ1) is 19.6. The molecule has 8 heteroatoms. The minimum absolute atomic E-state index is 0. The molecule has 0 saturated carbocycles. The first-order valence-electron chi connectivity index (χ1n) is 7.54. The summed E-state index contributed by atoms with van der Waals surface area (Å²) < 4.78 is 5.55. The highest BCUT2D eigenvalue weighted by Gasteiger charge is 2.15. The maximum Gasteiger partial charge on any atom is 0.252 e. The number of nitrogens with one attached hydrogen (secondary N) is 3. The molecule has 1 atom stereocenters. The van der Waals surface area contributed by atoms with Crippen LogP contribution in [0.4, 0.5) is 0 Å². The lowest BCUT2D eigenvalue weighted by molar-refractivity contribution is 0.0954. The Balaban J connectivity index is 0.00000264. The van der Waals surface area contributed by atoms with Crippen LogP contribution in [0.25, 0.3) is 0 Å². The summed E-state index contributed by atoms with van der Waals surface area (Å²) in [5, 5.41) is 9.20. The van der Waals surface area contributed by atoms with E-state index in [4.69, 9.17) is 4.74 Å².